The molecule has 0 atom stereocenters. The van der Waals surface area contributed by atoms with Crippen molar-refractivity contribution in [2.75, 3.05) is 5.32 Å². The molecule has 3 rings (SSSR count). The van der Waals surface area contributed by atoms with Crippen molar-refractivity contribution in [3.63, 3.8) is 0 Å². The first kappa shape index (κ1) is 17.6. The van der Waals surface area contributed by atoms with E-state index in [0.29, 0.717) is 5.69 Å². The first-order chi connectivity index (χ1) is 10.5. The maximum Gasteiger partial charge on any atom is 0.335 e. The van der Waals surface area contributed by atoms with Gasteiger partial charge in [-0.3, -0.25) is 0 Å². The van der Waals surface area contributed by atoms with Crippen molar-refractivity contribution >= 4 is 56.4 Å². The van der Waals surface area contributed by atoms with Crippen molar-refractivity contribution in [2.24, 2.45) is 0 Å². The van der Waals surface area contributed by atoms with E-state index in [1.165, 1.54) is 11.3 Å². The van der Waals surface area contributed by atoms with E-state index in [2.05, 4.69) is 15.3 Å². The Bertz CT molecular complexity index is 845. The highest BCUT2D eigenvalue weighted by atomic mass is 79.9. The summed E-state index contributed by atoms with van der Waals surface area (Å²) in [7, 11) is 0. The van der Waals surface area contributed by atoms with Gasteiger partial charge in [-0.25, -0.2) is 14.8 Å². The van der Waals surface area contributed by atoms with Crippen molar-refractivity contribution in [3.05, 3.63) is 45.9 Å². The average molecular weight is 412 g/mol. The number of halogens is 1. The number of aryl methyl sites for hydroxylation is 2. The van der Waals surface area contributed by atoms with Crippen LogP contribution in [0.25, 0.3) is 10.6 Å². The molecule has 0 saturated carbocycles. The Hall–Kier alpha value is -1.77. The topological polar surface area (TPSA) is 75.1 Å². The molecule has 2 aromatic heterocycles. The molecule has 0 bridgehead atoms. The molecular weight excluding hydrogens is 398 g/mol. The van der Waals surface area contributed by atoms with Gasteiger partial charge >= 0.3 is 5.97 Å². The maximum absolute atomic E-state index is 11.0. The van der Waals surface area contributed by atoms with Crippen LogP contribution in [0.15, 0.2) is 29.6 Å². The van der Waals surface area contributed by atoms with Gasteiger partial charge in [0.05, 0.1) is 26.8 Å². The predicted octanol–water partition coefficient (Wildman–Crippen LogP) is 4.90. The number of anilines is 2. The number of hydrogen-bond donors (Lipinski definition) is 2. The van der Waals surface area contributed by atoms with Crippen LogP contribution in [0.5, 0.6) is 0 Å². The van der Waals surface area contributed by atoms with E-state index in [4.69, 9.17) is 5.11 Å². The molecule has 0 unspecified atom stereocenters. The lowest BCUT2D eigenvalue weighted by Gasteiger charge is -2.03. The number of carboxylic acids is 1. The van der Waals surface area contributed by atoms with E-state index in [9.17, 15) is 4.79 Å². The average Bonchev–Trinajstić information content (AvgIpc) is 3.05. The number of aromatic nitrogens is 2. The maximum atomic E-state index is 11.0. The number of carbonyl (C=O) groups is 1. The summed E-state index contributed by atoms with van der Waals surface area (Å²) in [4.78, 5) is 21.0. The molecule has 23 heavy (non-hydrogen) atoms. The third kappa shape index (κ3) is 3.95. The van der Waals surface area contributed by atoms with E-state index in [1.54, 1.807) is 29.5 Å². The first-order valence-corrected chi connectivity index (χ1v) is 8.23. The van der Waals surface area contributed by atoms with Crippen molar-refractivity contribution in [1.29, 1.82) is 0 Å². The molecule has 0 aliphatic heterocycles. The zero-order chi connectivity index (χ0) is 15.7. The SMILES string of the molecule is Br.Cc1nc(C)c(-c2csc(Nc3cccc(C(=O)O)c3)n2)s1. The monoisotopic (exact) mass is 411 g/mol. The van der Waals surface area contributed by atoms with Gasteiger partial charge in [0.2, 0.25) is 0 Å². The molecule has 2 N–H and O–H groups in total. The second-order valence-electron chi connectivity index (χ2n) is 4.70. The number of nitrogens with zero attached hydrogens (tertiary/aromatic N) is 2. The van der Waals surface area contributed by atoms with E-state index in [0.717, 1.165) is 26.4 Å². The van der Waals surface area contributed by atoms with E-state index < -0.39 is 5.97 Å². The lowest BCUT2D eigenvalue weighted by Crippen LogP contribution is -1.97. The predicted molar refractivity (Wildman–Crippen MR) is 99.7 cm³/mol. The summed E-state index contributed by atoms with van der Waals surface area (Å²) >= 11 is 3.10. The molecule has 0 amide bonds. The summed E-state index contributed by atoms with van der Waals surface area (Å²) in [6.07, 6.45) is 0. The van der Waals surface area contributed by atoms with Gasteiger partial charge in [0.15, 0.2) is 5.13 Å². The molecular formula is C15H14BrN3O2S2. The van der Waals surface area contributed by atoms with Gasteiger partial charge in [0, 0.05) is 11.1 Å². The van der Waals surface area contributed by atoms with Crippen molar-refractivity contribution in [1.82, 2.24) is 9.97 Å². The standard InChI is InChI=1S/C15H13N3O2S2.BrH/c1-8-13(22-9(2)16-8)12-7-21-15(18-12)17-11-5-3-4-10(6-11)14(19)20;/h3-7H,1-2H3,(H,17,18)(H,19,20);1H. The quantitative estimate of drug-likeness (QED) is 0.637. The molecule has 0 saturated heterocycles. The van der Waals surface area contributed by atoms with Crippen LogP contribution in [0.2, 0.25) is 0 Å². The normalized spacial score (nSPS) is 10.2. The van der Waals surface area contributed by atoms with Crippen molar-refractivity contribution < 1.29 is 9.90 Å². The number of rotatable bonds is 4. The van der Waals surface area contributed by atoms with Gasteiger partial charge in [-0.15, -0.1) is 39.7 Å². The zero-order valence-corrected chi connectivity index (χ0v) is 15.7. The third-order valence-electron chi connectivity index (χ3n) is 3.00. The lowest BCUT2D eigenvalue weighted by molar-refractivity contribution is 0.0697. The van der Waals surface area contributed by atoms with Gasteiger partial charge < -0.3 is 10.4 Å². The van der Waals surface area contributed by atoms with E-state index in [1.807, 2.05) is 25.3 Å². The van der Waals surface area contributed by atoms with Gasteiger partial charge in [0.25, 0.3) is 0 Å². The Morgan fingerprint density at radius 1 is 1.26 bits per heavy atom. The smallest absolute Gasteiger partial charge is 0.335 e. The Morgan fingerprint density at radius 3 is 2.70 bits per heavy atom. The van der Waals surface area contributed by atoms with Crippen molar-refractivity contribution in [3.8, 4) is 10.6 Å². The molecule has 0 aliphatic rings. The minimum Gasteiger partial charge on any atom is -0.478 e. The highest BCUT2D eigenvalue weighted by molar-refractivity contribution is 8.93. The molecule has 120 valence electrons. The van der Waals surface area contributed by atoms with Crippen LogP contribution in [0.1, 0.15) is 21.1 Å². The summed E-state index contributed by atoms with van der Waals surface area (Å²) in [5, 5.41) is 15.9. The molecule has 8 heteroatoms. The molecule has 3 aromatic rings. The summed E-state index contributed by atoms with van der Waals surface area (Å²) in [5.74, 6) is -0.945. The third-order valence-corrected chi connectivity index (χ3v) is 4.85. The number of nitrogens with one attached hydrogen (secondary N) is 1. The van der Waals surface area contributed by atoms with Gasteiger partial charge in [-0.05, 0) is 32.0 Å². The summed E-state index contributed by atoms with van der Waals surface area (Å²) < 4.78 is 0. The molecule has 1 aromatic carbocycles. The van der Waals surface area contributed by atoms with E-state index in [-0.39, 0.29) is 22.5 Å². The van der Waals surface area contributed by atoms with Gasteiger partial charge in [-0.2, -0.15) is 0 Å². The van der Waals surface area contributed by atoms with Crippen LogP contribution in [-0.2, 0) is 0 Å². The Kier molecular flexibility index (Phi) is 5.51. The number of hydrogen-bond acceptors (Lipinski definition) is 6. The molecule has 0 fully saturated rings. The Balaban J connectivity index is 0.00000192. The van der Waals surface area contributed by atoms with Crippen molar-refractivity contribution in [2.45, 2.75) is 13.8 Å². The summed E-state index contributed by atoms with van der Waals surface area (Å²) in [5.41, 5.74) is 2.82. The first-order valence-electron chi connectivity index (χ1n) is 6.53. The number of aromatic carboxylic acids is 1. The fraction of sp³-hybridized carbons (Fsp3) is 0.133. The lowest BCUT2D eigenvalue weighted by atomic mass is 10.2. The fourth-order valence-corrected chi connectivity index (χ4v) is 3.73. The van der Waals surface area contributed by atoms with Gasteiger partial charge in [-0.1, -0.05) is 6.07 Å². The summed E-state index contributed by atoms with van der Waals surface area (Å²) in [6.45, 7) is 3.95. The second kappa shape index (κ2) is 7.20. The minimum absolute atomic E-state index is 0. The number of benzene rings is 1. The minimum atomic E-state index is -0.945. The molecule has 2 heterocycles. The largest absolute Gasteiger partial charge is 0.478 e. The fourth-order valence-electron chi connectivity index (χ4n) is 2.06. The molecule has 0 radical (unpaired) electrons. The number of thiazole rings is 2. The summed E-state index contributed by atoms with van der Waals surface area (Å²) in [6, 6.07) is 6.67. The molecule has 0 aliphatic carbocycles. The molecule has 0 spiro atoms. The highest BCUT2D eigenvalue weighted by Crippen LogP contribution is 2.33. The van der Waals surface area contributed by atoms with Crippen LogP contribution in [-0.4, -0.2) is 21.0 Å². The van der Waals surface area contributed by atoms with E-state index >= 15 is 0 Å². The Labute approximate surface area is 151 Å². The van der Waals surface area contributed by atoms with Crippen LogP contribution in [0.4, 0.5) is 10.8 Å². The van der Waals surface area contributed by atoms with Crippen LogP contribution < -0.4 is 5.32 Å². The second-order valence-corrected chi connectivity index (χ2v) is 6.76. The zero-order valence-electron chi connectivity index (χ0n) is 12.4. The number of carboxylic acid groups (broad SMARTS) is 1. The van der Waals surface area contributed by atoms with Crippen LogP contribution in [0, 0.1) is 13.8 Å². The van der Waals surface area contributed by atoms with Crippen LogP contribution in [0.3, 0.4) is 0 Å². The van der Waals surface area contributed by atoms with Crippen LogP contribution >= 0.6 is 39.7 Å². The molecule has 5 nitrogen and oxygen atoms in total. The van der Waals surface area contributed by atoms with Gasteiger partial charge in [0.1, 0.15) is 0 Å². The highest BCUT2D eigenvalue weighted by Gasteiger charge is 2.12. The Morgan fingerprint density at radius 2 is 2.04 bits per heavy atom.